The highest BCUT2D eigenvalue weighted by Gasteiger charge is 2.15. The molecule has 0 aromatic heterocycles. The molecule has 0 unspecified atom stereocenters. The lowest BCUT2D eigenvalue weighted by Gasteiger charge is -2.27. The molecule has 1 aromatic rings. The zero-order valence-electron chi connectivity index (χ0n) is 11.9. The minimum atomic E-state index is -3.46. The van der Waals surface area contributed by atoms with E-state index in [2.05, 4.69) is 4.99 Å². The molecule has 22 heavy (non-hydrogen) atoms. The van der Waals surface area contributed by atoms with Gasteiger partial charge in [-0.2, -0.15) is 11.8 Å². The van der Waals surface area contributed by atoms with Gasteiger partial charge >= 0.3 is 0 Å². The van der Waals surface area contributed by atoms with Gasteiger partial charge in [-0.05, 0) is 24.3 Å². The van der Waals surface area contributed by atoms with Crippen LogP contribution in [0.1, 0.15) is 0 Å². The van der Waals surface area contributed by atoms with Gasteiger partial charge in [0.25, 0.3) is 0 Å². The van der Waals surface area contributed by atoms with Crippen LogP contribution in [-0.4, -0.2) is 56.2 Å². The Morgan fingerprint density at radius 2 is 1.86 bits per heavy atom. The lowest BCUT2D eigenvalue weighted by atomic mass is 10.4. The maximum atomic E-state index is 12.8. The summed E-state index contributed by atoms with van der Waals surface area (Å²) in [6, 6.07) is 4.80. The van der Waals surface area contributed by atoms with Crippen molar-refractivity contribution in [2.45, 2.75) is 4.90 Å². The van der Waals surface area contributed by atoms with Crippen LogP contribution in [0.25, 0.3) is 0 Å². The van der Waals surface area contributed by atoms with E-state index < -0.39 is 15.7 Å². The van der Waals surface area contributed by atoms with Gasteiger partial charge in [-0.3, -0.25) is 4.99 Å². The molecule has 1 fully saturated rings. The molecule has 0 amide bonds. The van der Waals surface area contributed by atoms with Crippen LogP contribution in [0.5, 0.6) is 0 Å². The quantitative estimate of drug-likeness (QED) is 0.320. The van der Waals surface area contributed by atoms with Crippen molar-refractivity contribution in [1.82, 2.24) is 4.90 Å². The first-order valence-corrected chi connectivity index (χ1v) is 9.41. The molecule has 1 heterocycles. The van der Waals surface area contributed by atoms with E-state index in [9.17, 15) is 12.8 Å². The standard InChI is InChI=1S/C13H18FN3O2S2.HI/c14-11-1-3-12(4-2-11)21(18,19)10-5-16-13(15)17-6-8-20-9-7-17;/h1-4H,5-10H2,(H2,15,16);1H. The Bertz CT molecular complexity index is 602. The van der Waals surface area contributed by atoms with E-state index in [1.165, 1.54) is 12.1 Å². The second-order valence-electron chi connectivity index (χ2n) is 4.61. The molecule has 0 aliphatic carbocycles. The molecule has 0 spiro atoms. The smallest absolute Gasteiger partial charge is 0.191 e. The summed E-state index contributed by atoms with van der Waals surface area (Å²) in [5.74, 6) is 1.81. The normalized spacial score (nSPS) is 16.2. The van der Waals surface area contributed by atoms with Gasteiger partial charge in [0, 0.05) is 24.6 Å². The molecule has 124 valence electrons. The predicted octanol–water partition coefficient (Wildman–Crippen LogP) is 1.58. The van der Waals surface area contributed by atoms with Gasteiger partial charge < -0.3 is 10.6 Å². The Morgan fingerprint density at radius 1 is 1.27 bits per heavy atom. The van der Waals surface area contributed by atoms with Crippen LogP contribution >= 0.6 is 35.7 Å². The van der Waals surface area contributed by atoms with E-state index in [0.717, 1.165) is 36.7 Å². The van der Waals surface area contributed by atoms with Gasteiger partial charge in [-0.25, -0.2) is 12.8 Å². The number of halogens is 2. The molecule has 9 heteroatoms. The monoisotopic (exact) mass is 459 g/mol. The summed E-state index contributed by atoms with van der Waals surface area (Å²) in [6.45, 7) is 1.78. The molecule has 1 aliphatic heterocycles. The summed E-state index contributed by atoms with van der Waals surface area (Å²) >= 11 is 1.86. The topological polar surface area (TPSA) is 75.8 Å². The number of guanidine groups is 1. The third kappa shape index (κ3) is 5.58. The van der Waals surface area contributed by atoms with Crippen LogP contribution in [0.15, 0.2) is 34.2 Å². The highest BCUT2D eigenvalue weighted by molar-refractivity contribution is 14.0. The first-order valence-electron chi connectivity index (χ1n) is 6.60. The van der Waals surface area contributed by atoms with E-state index in [-0.39, 0.29) is 41.2 Å². The average Bonchev–Trinajstić information content (AvgIpc) is 2.48. The zero-order chi connectivity index (χ0) is 15.3. The van der Waals surface area contributed by atoms with Crippen LogP contribution in [0.4, 0.5) is 4.39 Å². The van der Waals surface area contributed by atoms with Crippen molar-refractivity contribution in [2.75, 3.05) is 36.9 Å². The molecule has 1 aliphatic rings. The van der Waals surface area contributed by atoms with Crippen molar-refractivity contribution in [3.63, 3.8) is 0 Å². The van der Waals surface area contributed by atoms with Gasteiger partial charge in [-0.1, -0.05) is 0 Å². The fraction of sp³-hybridized carbons (Fsp3) is 0.462. The summed E-state index contributed by atoms with van der Waals surface area (Å²) < 4.78 is 36.9. The number of aliphatic imine (C=N–C) groups is 1. The lowest BCUT2D eigenvalue weighted by molar-refractivity contribution is 0.456. The van der Waals surface area contributed by atoms with Gasteiger partial charge in [0.05, 0.1) is 17.2 Å². The predicted molar refractivity (Wildman–Crippen MR) is 99.3 cm³/mol. The van der Waals surface area contributed by atoms with E-state index in [4.69, 9.17) is 5.73 Å². The summed E-state index contributed by atoms with van der Waals surface area (Å²) in [6.07, 6.45) is 0. The summed E-state index contributed by atoms with van der Waals surface area (Å²) in [7, 11) is -3.46. The lowest BCUT2D eigenvalue weighted by Crippen LogP contribution is -2.42. The first-order chi connectivity index (χ1) is 9.99. The number of hydrogen-bond donors (Lipinski definition) is 1. The first kappa shape index (κ1) is 19.5. The molecule has 0 radical (unpaired) electrons. The Balaban J connectivity index is 0.00000242. The number of benzene rings is 1. The third-order valence-corrected chi connectivity index (χ3v) is 5.79. The Kier molecular flexibility index (Phi) is 7.90. The molecule has 2 rings (SSSR count). The van der Waals surface area contributed by atoms with Gasteiger partial charge in [0.2, 0.25) is 0 Å². The molecular formula is C13H19FIN3O2S2. The second kappa shape index (κ2) is 8.92. The molecule has 0 saturated carbocycles. The Labute approximate surface area is 151 Å². The summed E-state index contributed by atoms with van der Waals surface area (Å²) in [4.78, 5) is 6.20. The number of thioether (sulfide) groups is 1. The third-order valence-electron chi connectivity index (χ3n) is 3.14. The van der Waals surface area contributed by atoms with Crippen LogP contribution in [0, 0.1) is 5.82 Å². The van der Waals surface area contributed by atoms with E-state index >= 15 is 0 Å². The number of rotatable bonds is 4. The van der Waals surface area contributed by atoms with Crippen molar-refractivity contribution in [3.8, 4) is 0 Å². The zero-order valence-corrected chi connectivity index (χ0v) is 15.9. The number of nitrogens with zero attached hydrogens (tertiary/aromatic N) is 2. The molecular weight excluding hydrogens is 440 g/mol. The van der Waals surface area contributed by atoms with Crippen molar-refractivity contribution in [3.05, 3.63) is 30.1 Å². The molecule has 2 N–H and O–H groups in total. The van der Waals surface area contributed by atoms with E-state index in [0.29, 0.717) is 5.96 Å². The van der Waals surface area contributed by atoms with Crippen LogP contribution in [-0.2, 0) is 9.84 Å². The minimum absolute atomic E-state index is 0. The van der Waals surface area contributed by atoms with Gasteiger partial charge in [0.1, 0.15) is 5.82 Å². The van der Waals surface area contributed by atoms with Gasteiger partial charge in [0.15, 0.2) is 15.8 Å². The maximum absolute atomic E-state index is 12.8. The number of nitrogens with two attached hydrogens (primary N) is 1. The number of sulfone groups is 1. The Hall–Kier alpha value is -0.550. The average molecular weight is 459 g/mol. The molecule has 0 bridgehead atoms. The molecule has 0 atom stereocenters. The fourth-order valence-corrected chi connectivity index (χ4v) is 3.95. The Morgan fingerprint density at radius 3 is 2.45 bits per heavy atom. The van der Waals surface area contributed by atoms with E-state index in [1.54, 1.807) is 0 Å². The van der Waals surface area contributed by atoms with Crippen molar-refractivity contribution < 1.29 is 12.8 Å². The van der Waals surface area contributed by atoms with Gasteiger partial charge in [-0.15, -0.1) is 24.0 Å². The van der Waals surface area contributed by atoms with Crippen LogP contribution in [0.3, 0.4) is 0 Å². The van der Waals surface area contributed by atoms with Crippen molar-refractivity contribution in [2.24, 2.45) is 10.7 Å². The molecule has 1 saturated heterocycles. The molecule has 1 aromatic carbocycles. The van der Waals surface area contributed by atoms with Crippen molar-refractivity contribution >= 4 is 51.5 Å². The van der Waals surface area contributed by atoms with Crippen LogP contribution < -0.4 is 5.73 Å². The SMILES string of the molecule is I.NC(=NCCS(=O)(=O)c1ccc(F)cc1)N1CCSCC1. The maximum Gasteiger partial charge on any atom is 0.191 e. The van der Waals surface area contributed by atoms with Crippen molar-refractivity contribution in [1.29, 1.82) is 0 Å². The summed E-state index contributed by atoms with van der Waals surface area (Å²) in [5.41, 5.74) is 5.86. The highest BCUT2D eigenvalue weighted by Crippen LogP contribution is 2.12. The molecule has 5 nitrogen and oxygen atoms in total. The summed E-state index contributed by atoms with van der Waals surface area (Å²) in [5, 5.41) is 0. The highest BCUT2D eigenvalue weighted by atomic mass is 127. The number of hydrogen-bond acceptors (Lipinski definition) is 4. The van der Waals surface area contributed by atoms with Crippen LogP contribution in [0.2, 0.25) is 0 Å². The second-order valence-corrected chi connectivity index (χ2v) is 7.95. The van der Waals surface area contributed by atoms with E-state index in [1.807, 2.05) is 16.7 Å². The minimum Gasteiger partial charge on any atom is -0.370 e. The fourth-order valence-electron chi connectivity index (χ4n) is 1.93. The largest absolute Gasteiger partial charge is 0.370 e.